The van der Waals surface area contributed by atoms with Crippen LogP contribution in [0.25, 0.3) is 0 Å². The minimum atomic E-state index is 0.184. The summed E-state index contributed by atoms with van der Waals surface area (Å²) in [5, 5.41) is 0. The van der Waals surface area contributed by atoms with E-state index in [1.165, 1.54) is 36.8 Å². The molecule has 1 aromatic rings. The fourth-order valence-corrected chi connectivity index (χ4v) is 3.24. The van der Waals surface area contributed by atoms with Gasteiger partial charge in [-0.3, -0.25) is 0 Å². The fraction of sp³-hybridized carbons (Fsp3) is 0.647. The minimum Gasteiger partial charge on any atom is -0.324 e. The van der Waals surface area contributed by atoms with Crippen LogP contribution < -0.4 is 5.73 Å². The quantitative estimate of drug-likeness (QED) is 0.829. The van der Waals surface area contributed by atoms with Crippen molar-refractivity contribution < 1.29 is 0 Å². The van der Waals surface area contributed by atoms with Crippen molar-refractivity contribution in [2.45, 2.75) is 64.3 Å². The van der Waals surface area contributed by atoms with Crippen LogP contribution in [0.5, 0.6) is 0 Å². The number of hydrogen-bond donors (Lipinski definition) is 1. The molecular formula is C17H27N. The molecule has 1 aliphatic carbocycles. The van der Waals surface area contributed by atoms with E-state index < -0.39 is 0 Å². The van der Waals surface area contributed by atoms with Gasteiger partial charge in [0.1, 0.15) is 0 Å². The van der Waals surface area contributed by atoms with Crippen LogP contribution in [-0.2, 0) is 5.41 Å². The molecule has 2 N–H and O–H groups in total. The third-order valence-electron chi connectivity index (χ3n) is 4.23. The van der Waals surface area contributed by atoms with Gasteiger partial charge in [-0.05, 0) is 28.9 Å². The van der Waals surface area contributed by atoms with Gasteiger partial charge in [-0.1, -0.05) is 70.7 Å². The Morgan fingerprint density at radius 1 is 1.17 bits per heavy atom. The summed E-state index contributed by atoms with van der Waals surface area (Å²) >= 11 is 0. The molecule has 0 spiro atoms. The highest BCUT2D eigenvalue weighted by molar-refractivity contribution is 5.35. The van der Waals surface area contributed by atoms with Gasteiger partial charge in [0, 0.05) is 6.04 Å². The van der Waals surface area contributed by atoms with Crippen LogP contribution in [-0.4, -0.2) is 0 Å². The Kier molecular flexibility index (Phi) is 4.11. The first kappa shape index (κ1) is 13.6. The summed E-state index contributed by atoms with van der Waals surface area (Å²) < 4.78 is 0. The standard InChI is InChI=1S/C17H27N/c1-17(2,3)15-11-7-6-10-14(15)16(18)12-13-8-4-5-9-13/h6-7,10-11,13,16H,4-5,8-9,12,18H2,1-3H3. The Labute approximate surface area is 112 Å². The van der Waals surface area contributed by atoms with Crippen LogP contribution in [0.15, 0.2) is 24.3 Å². The second-order valence-electron chi connectivity index (χ2n) is 6.83. The van der Waals surface area contributed by atoms with Crippen molar-refractivity contribution in [3.63, 3.8) is 0 Å². The molecule has 1 fully saturated rings. The van der Waals surface area contributed by atoms with Gasteiger partial charge in [0.25, 0.3) is 0 Å². The summed E-state index contributed by atoms with van der Waals surface area (Å²) in [4.78, 5) is 0. The molecule has 0 bridgehead atoms. The minimum absolute atomic E-state index is 0.184. The van der Waals surface area contributed by atoms with Gasteiger partial charge in [-0.2, -0.15) is 0 Å². The summed E-state index contributed by atoms with van der Waals surface area (Å²) in [5.41, 5.74) is 9.43. The molecule has 1 heteroatoms. The molecule has 1 saturated carbocycles. The highest BCUT2D eigenvalue weighted by atomic mass is 14.6. The number of benzene rings is 1. The van der Waals surface area contributed by atoms with Crippen molar-refractivity contribution >= 4 is 0 Å². The number of rotatable bonds is 3. The van der Waals surface area contributed by atoms with Crippen molar-refractivity contribution in [2.75, 3.05) is 0 Å². The monoisotopic (exact) mass is 245 g/mol. The third-order valence-corrected chi connectivity index (χ3v) is 4.23. The Morgan fingerprint density at radius 2 is 1.78 bits per heavy atom. The van der Waals surface area contributed by atoms with E-state index in [9.17, 15) is 0 Å². The molecule has 1 aliphatic rings. The molecular weight excluding hydrogens is 218 g/mol. The van der Waals surface area contributed by atoms with Crippen molar-refractivity contribution in [3.05, 3.63) is 35.4 Å². The number of hydrogen-bond acceptors (Lipinski definition) is 1. The average molecular weight is 245 g/mol. The topological polar surface area (TPSA) is 26.0 Å². The zero-order valence-corrected chi connectivity index (χ0v) is 12.1. The van der Waals surface area contributed by atoms with E-state index in [0.717, 1.165) is 12.3 Å². The lowest BCUT2D eigenvalue weighted by molar-refractivity contribution is 0.444. The van der Waals surface area contributed by atoms with Gasteiger partial charge in [0.2, 0.25) is 0 Å². The van der Waals surface area contributed by atoms with Crippen LogP contribution in [0.2, 0.25) is 0 Å². The molecule has 1 unspecified atom stereocenters. The molecule has 1 atom stereocenters. The summed E-state index contributed by atoms with van der Waals surface area (Å²) in [5.74, 6) is 0.855. The van der Waals surface area contributed by atoms with Crippen molar-refractivity contribution in [2.24, 2.45) is 11.7 Å². The second-order valence-corrected chi connectivity index (χ2v) is 6.83. The van der Waals surface area contributed by atoms with E-state index in [0.29, 0.717) is 0 Å². The van der Waals surface area contributed by atoms with E-state index in [2.05, 4.69) is 45.0 Å². The zero-order chi connectivity index (χ0) is 13.2. The van der Waals surface area contributed by atoms with E-state index in [4.69, 9.17) is 5.73 Å². The van der Waals surface area contributed by atoms with E-state index in [1.807, 2.05) is 0 Å². The molecule has 0 aliphatic heterocycles. The van der Waals surface area contributed by atoms with Crippen LogP contribution in [0.1, 0.15) is 70.0 Å². The van der Waals surface area contributed by atoms with Crippen LogP contribution in [0.4, 0.5) is 0 Å². The van der Waals surface area contributed by atoms with Gasteiger partial charge in [0.05, 0.1) is 0 Å². The van der Waals surface area contributed by atoms with Crippen molar-refractivity contribution in [1.82, 2.24) is 0 Å². The zero-order valence-electron chi connectivity index (χ0n) is 12.1. The first-order valence-corrected chi connectivity index (χ1v) is 7.33. The normalized spacial score (nSPS) is 19.1. The van der Waals surface area contributed by atoms with Crippen molar-refractivity contribution in [3.8, 4) is 0 Å². The summed E-state index contributed by atoms with van der Waals surface area (Å²) in [6.45, 7) is 6.82. The summed E-state index contributed by atoms with van der Waals surface area (Å²) in [6.07, 6.45) is 6.72. The van der Waals surface area contributed by atoms with Gasteiger partial charge >= 0.3 is 0 Å². The predicted octanol–water partition coefficient (Wildman–Crippen LogP) is 4.56. The van der Waals surface area contributed by atoms with Gasteiger partial charge in [0.15, 0.2) is 0 Å². The Morgan fingerprint density at radius 3 is 2.39 bits per heavy atom. The molecule has 1 nitrogen and oxygen atoms in total. The molecule has 0 aromatic heterocycles. The molecule has 0 saturated heterocycles. The molecule has 18 heavy (non-hydrogen) atoms. The Bertz CT molecular complexity index is 383. The maximum Gasteiger partial charge on any atom is 0.0300 e. The lowest BCUT2D eigenvalue weighted by Gasteiger charge is -2.27. The number of nitrogens with two attached hydrogens (primary N) is 1. The second kappa shape index (κ2) is 5.44. The molecule has 1 aromatic carbocycles. The van der Waals surface area contributed by atoms with E-state index >= 15 is 0 Å². The lowest BCUT2D eigenvalue weighted by Crippen LogP contribution is -2.21. The summed E-state index contributed by atoms with van der Waals surface area (Å²) in [7, 11) is 0. The van der Waals surface area contributed by atoms with E-state index in [1.54, 1.807) is 0 Å². The first-order chi connectivity index (χ1) is 8.48. The largest absolute Gasteiger partial charge is 0.324 e. The fourth-order valence-electron chi connectivity index (χ4n) is 3.24. The van der Waals surface area contributed by atoms with Crippen LogP contribution >= 0.6 is 0 Å². The molecule has 2 rings (SSSR count). The smallest absolute Gasteiger partial charge is 0.0300 e. The van der Waals surface area contributed by atoms with Crippen LogP contribution in [0, 0.1) is 5.92 Å². The molecule has 100 valence electrons. The van der Waals surface area contributed by atoms with Gasteiger partial charge in [-0.15, -0.1) is 0 Å². The highest BCUT2D eigenvalue weighted by Gasteiger charge is 2.23. The van der Waals surface area contributed by atoms with Crippen LogP contribution in [0.3, 0.4) is 0 Å². The first-order valence-electron chi connectivity index (χ1n) is 7.33. The highest BCUT2D eigenvalue weighted by Crippen LogP contribution is 2.35. The Balaban J connectivity index is 2.16. The average Bonchev–Trinajstić information content (AvgIpc) is 2.80. The van der Waals surface area contributed by atoms with E-state index in [-0.39, 0.29) is 11.5 Å². The maximum atomic E-state index is 6.47. The lowest BCUT2D eigenvalue weighted by atomic mass is 9.80. The molecule has 0 radical (unpaired) electrons. The molecule has 0 heterocycles. The third kappa shape index (κ3) is 3.14. The van der Waals surface area contributed by atoms with Gasteiger partial charge < -0.3 is 5.73 Å². The predicted molar refractivity (Wildman–Crippen MR) is 78.6 cm³/mol. The Hall–Kier alpha value is -0.820. The van der Waals surface area contributed by atoms with Gasteiger partial charge in [-0.25, -0.2) is 0 Å². The van der Waals surface area contributed by atoms with Crippen molar-refractivity contribution in [1.29, 1.82) is 0 Å². The maximum absolute atomic E-state index is 6.47. The summed E-state index contributed by atoms with van der Waals surface area (Å²) in [6, 6.07) is 8.93. The SMILES string of the molecule is CC(C)(C)c1ccccc1C(N)CC1CCCC1. The molecule has 0 amide bonds.